The van der Waals surface area contributed by atoms with Crippen molar-refractivity contribution in [3.8, 4) is 0 Å². The third-order valence-electron chi connectivity index (χ3n) is 1.70. The van der Waals surface area contributed by atoms with E-state index in [4.69, 9.17) is 5.73 Å². The van der Waals surface area contributed by atoms with Crippen LogP contribution in [0.25, 0.3) is 10.9 Å². The fourth-order valence-electron chi connectivity index (χ4n) is 1.14. The van der Waals surface area contributed by atoms with Crippen LogP contribution in [0.15, 0.2) is 24.4 Å². The number of fused-ring (bicyclic) bond motifs is 1. The monoisotopic (exact) mass is 150 g/mol. The van der Waals surface area contributed by atoms with Gasteiger partial charge in [-0.3, -0.25) is 0 Å². The van der Waals surface area contributed by atoms with Gasteiger partial charge in [0, 0.05) is 11.6 Å². The lowest BCUT2D eigenvalue weighted by Crippen LogP contribution is -1.84. The van der Waals surface area contributed by atoms with E-state index < -0.39 is 0 Å². The summed E-state index contributed by atoms with van der Waals surface area (Å²) in [4.78, 5) is 2.76. The lowest BCUT2D eigenvalue weighted by molar-refractivity contribution is 0.639. The Morgan fingerprint density at radius 3 is 2.91 bits per heavy atom. The van der Waals surface area contributed by atoms with E-state index in [-0.39, 0.29) is 5.82 Å². The summed E-state index contributed by atoms with van der Waals surface area (Å²) in [6, 6.07) is 5.16. The average molecular weight is 150 g/mol. The zero-order valence-electron chi connectivity index (χ0n) is 5.76. The molecule has 0 bridgehead atoms. The van der Waals surface area contributed by atoms with Gasteiger partial charge in [-0.05, 0) is 12.1 Å². The molecule has 56 valence electrons. The van der Waals surface area contributed by atoms with E-state index in [1.807, 2.05) is 0 Å². The van der Waals surface area contributed by atoms with Crippen molar-refractivity contribution in [1.29, 1.82) is 0 Å². The van der Waals surface area contributed by atoms with Gasteiger partial charge in [0.2, 0.25) is 0 Å². The molecule has 1 heterocycles. The van der Waals surface area contributed by atoms with E-state index in [1.165, 1.54) is 6.20 Å². The molecule has 1 aromatic carbocycles. The number of nitrogens with one attached hydrogen (secondary N) is 1. The van der Waals surface area contributed by atoms with Crippen LogP contribution >= 0.6 is 0 Å². The van der Waals surface area contributed by atoms with Crippen LogP contribution in [0.3, 0.4) is 0 Å². The summed E-state index contributed by atoms with van der Waals surface area (Å²) in [5, 5.41) is 0.546. The fourth-order valence-corrected chi connectivity index (χ4v) is 1.14. The zero-order valence-corrected chi connectivity index (χ0v) is 5.76. The number of nitrogens with two attached hydrogens (primary N) is 1. The number of nitrogen functional groups attached to an aromatic ring is 1. The van der Waals surface area contributed by atoms with E-state index in [1.54, 1.807) is 18.2 Å². The lowest BCUT2D eigenvalue weighted by atomic mass is 10.2. The quantitative estimate of drug-likeness (QED) is 0.553. The highest BCUT2D eigenvalue weighted by molar-refractivity contribution is 5.90. The third-order valence-corrected chi connectivity index (χ3v) is 1.70. The molecular formula is C8H7FN2. The Morgan fingerprint density at radius 2 is 2.18 bits per heavy atom. The predicted octanol–water partition coefficient (Wildman–Crippen LogP) is 1.89. The van der Waals surface area contributed by atoms with Crippen LogP contribution in [0.4, 0.5) is 10.1 Å². The van der Waals surface area contributed by atoms with Crippen molar-refractivity contribution < 1.29 is 4.39 Å². The summed E-state index contributed by atoms with van der Waals surface area (Å²) in [6.07, 6.45) is 1.31. The number of hydrogen-bond acceptors (Lipinski definition) is 1. The van der Waals surface area contributed by atoms with Gasteiger partial charge in [0.25, 0.3) is 0 Å². The lowest BCUT2D eigenvalue weighted by Gasteiger charge is -1.93. The van der Waals surface area contributed by atoms with Crippen LogP contribution in [0.5, 0.6) is 0 Å². The minimum atomic E-state index is -0.257. The van der Waals surface area contributed by atoms with E-state index in [0.717, 1.165) is 0 Å². The van der Waals surface area contributed by atoms with Crippen LogP contribution < -0.4 is 5.73 Å². The largest absolute Gasteiger partial charge is 0.397 e. The SMILES string of the molecule is Nc1cccc2c(F)c[nH]c12. The number of H-pyrrole nitrogens is 1. The Labute approximate surface area is 62.8 Å². The van der Waals surface area contributed by atoms with Gasteiger partial charge < -0.3 is 10.7 Å². The molecule has 0 unspecified atom stereocenters. The first kappa shape index (κ1) is 6.22. The van der Waals surface area contributed by atoms with Crippen molar-refractivity contribution in [3.63, 3.8) is 0 Å². The van der Waals surface area contributed by atoms with Gasteiger partial charge in [-0.1, -0.05) is 6.07 Å². The molecule has 0 aliphatic rings. The van der Waals surface area contributed by atoms with Gasteiger partial charge in [-0.25, -0.2) is 4.39 Å². The Hall–Kier alpha value is -1.51. The summed E-state index contributed by atoms with van der Waals surface area (Å²) in [7, 11) is 0. The van der Waals surface area contributed by atoms with Crippen LogP contribution in [0.2, 0.25) is 0 Å². The summed E-state index contributed by atoms with van der Waals surface area (Å²) in [5.74, 6) is -0.257. The second-order valence-corrected chi connectivity index (χ2v) is 2.41. The van der Waals surface area contributed by atoms with Crippen molar-refractivity contribution in [1.82, 2.24) is 4.98 Å². The first-order valence-electron chi connectivity index (χ1n) is 3.30. The highest BCUT2D eigenvalue weighted by Crippen LogP contribution is 2.21. The molecular weight excluding hydrogens is 143 g/mol. The number of aromatic nitrogens is 1. The molecule has 3 N–H and O–H groups in total. The van der Waals surface area contributed by atoms with Gasteiger partial charge in [0.1, 0.15) is 5.82 Å². The second-order valence-electron chi connectivity index (χ2n) is 2.41. The van der Waals surface area contributed by atoms with Gasteiger partial charge >= 0.3 is 0 Å². The molecule has 2 aromatic rings. The molecule has 0 amide bonds. The van der Waals surface area contributed by atoms with Crippen LogP contribution in [0.1, 0.15) is 0 Å². The summed E-state index contributed by atoms with van der Waals surface area (Å²) in [5.41, 5.74) is 6.82. The normalized spacial score (nSPS) is 10.6. The van der Waals surface area contributed by atoms with Crippen molar-refractivity contribution in [2.75, 3.05) is 5.73 Å². The summed E-state index contributed by atoms with van der Waals surface area (Å²) in [6.45, 7) is 0. The van der Waals surface area contributed by atoms with E-state index in [2.05, 4.69) is 4.98 Å². The first-order chi connectivity index (χ1) is 5.29. The van der Waals surface area contributed by atoms with Gasteiger partial charge in [-0.15, -0.1) is 0 Å². The Bertz CT molecular complexity index is 392. The van der Waals surface area contributed by atoms with Crippen LogP contribution in [-0.2, 0) is 0 Å². The van der Waals surface area contributed by atoms with Gasteiger partial charge in [0.15, 0.2) is 0 Å². The molecule has 3 heteroatoms. The highest BCUT2D eigenvalue weighted by atomic mass is 19.1. The molecule has 2 rings (SSSR count). The number of halogens is 1. The van der Waals surface area contributed by atoms with Gasteiger partial charge in [0.05, 0.1) is 11.2 Å². The maximum atomic E-state index is 12.8. The van der Waals surface area contributed by atoms with Crippen molar-refractivity contribution in [2.24, 2.45) is 0 Å². The number of anilines is 1. The Kier molecular flexibility index (Phi) is 1.12. The molecule has 0 fully saturated rings. The van der Waals surface area contributed by atoms with E-state index in [0.29, 0.717) is 16.6 Å². The first-order valence-corrected chi connectivity index (χ1v) is 3.30. The van der Waals surface area contributed by atoms with Crippen molar-refractivity contribution in [3.05, 3.63) is 30.2 Å². The summed E-state index contributed by atoms with van der Waals surface area (Å²) < 4.78 is 12.8. The number of aromatic amines is 1. The maximum Gasteiger partial charge on any atom is 0.148 e. The number of rotatable bonds is 0. The smallest absolute Gasteiger partial charge is 0.148 e. The average Bonchev–Trinajstić information content (AvgIpc) is 2.35. The number of para-hydroxylation sites is 1. The van der Waals surface area contributed by atoms with Crippen molar-refractivity contribution in [2.45, 2.75) is 0 Å². The molecule has 0 spiro atoms. The molecule has 0 saturated heterocycles. The molecule has 0 aliphatic heterocycles. The molecule has 2 nitrogen and oxygen atoms in total. The van der Waals surface area contributed by atoms with E-state index >= 15 is 0 Å². The van der Waals surface area contributed by atoms with Crippen LogP contribution in [0, 0.1) is 5.82 Å². The Morgan fingerprint density at radius 1 is 1.36 bits per heavy atom. The van der Waals surface area contributed by atoms with Crippen LogP contribution in [-0.4, -0.2) is 4.98 Å². The molecule has 1 aromatic heterocycles. The molecule has 0 radical (unpaired) electrons. The zero-order chi connectivity index (χ0) is 7.84. The number of hydrogen-bond donors (Lipinski definition) is 2. The minimum Gasteiger partial charge on any atom is -0.397 e. The topological polar surface area (TPSA) is 41.8 Å². The number of benzene rings is 1. The van der Waals surface area contributed by atoms with Gasteiger partial charge in [-0.2, -0.15) is 0 Å². The predicted molar refractivity (Wildman–Crippen MR) is 42.7 cm³/mol. The highest BCUT2D eigenvalue weighted by Gasteiger charge is 2.02. The van der Waals surface area contributed by atoms with E-state index in [9.17, 15) is 4.39 Å². The molecule has 0 aliphatic carbocycles. The summed E-state index contributed by atoms with van der Waals surface area (Å²) >= 11 is 0. The van der Waals surface area contributed by atoms with Crippen molar-refractivity contribution >= 4 is 16.6 Å². The maximum absolute atomic E-state index is 12.8. The molecule has 11 heavy (non-hydrogen) atoms. The third kappa shape index (κ3) is 0.774. The minimum absolute atomic E-state index is 0.257. The molecule has 0 saturated carbocycles. The standard InChI is InChI=1S/C8H7FN2/c9-6-4-11-8-5(6)2-1-3-7(8)10/h1-4,11H,10H2. The fraction of sp³-hybridized carbons (Fsp3) is 0. The Balaban J connectivity index is 2.94. The second kappa shape index (κ2) is 1.99. The molecule has 0 atom stereocenters.